The fourth-order valence-electron chi connectivity index (χ4n) is 2.66. The fourth-order valence-corrected chi connectivity index (χ4v) is 3.60. The van der Waals surface area contributed by atoms with Gasteiger partial charge in [0.1, 0.15) is 12.4 Å². The van der Waals surface area contributed by atoms with E-state index < -0.39 is 10.0 Å². The lowest BCUT2D eigenvalue weighted by Gasteiger charge is -2.12. The van der Waals surface area contributed by atoms with Gasteiger partial charge in [0.2, 0.25) is 10.0 Å². The zero-order chi connectivity index (χ0) is 15.3. The number of nitrogens with two attached hydrogens (primary N) is 1. The molecule has 0 bridgehead atoms. The van der Waals surface area contributed by atoms with Crippen molar-refractivity contribution in [1.82, 2.24) is 4.72 Å². The number of nitrogen functional groups attached to an aromatic ring is 1. The molecule has 5 nitrogen and oxygen atoms in total. The Labute approximate surface area is 126 Å². The Balaban J connectivity index is 1.70. The Kier molecular flexibility index (Phi) is 5.47. The van der Waals surface area contributed by atoms with Gasteiger partial charge < -0.3 is 10.5 Å². The number of hydrogen-bond donors (Lipinski definition) is 2. The minimum absolute atomic E-state index is 0.0281. The Morgan fingerprint density at radius 2 is 2.00 bits per heavy atom. The molecule has 118 valence electrons. The average molecular weight is 312 g/mol. The molecule has 0 amide bonds. The smallest absolute Gasteiger partial charge is 0.214 e. The van der Waals surface area contributed by atoms with Crippen LogP contribution in [0.1, 0.15) is 26.2 Å². The lowest BCUT2D eigenvalue weighted by atomic mass is 10.1. The molecule has 2 unspecified atom stereocenters. The summed E-state index contributed by atoms with van der Waals surface area (Å²) in [5, 5.41) is 0. The van der Waals surface area contributed by atoms with Crippen LogP contribution in [0.2, 0.25) is 0 Å². The van der Waals surface area contributed by atoms with Crippen molar-refractivity contribution in [3.8, 4) is 5.75 Å². The molecular formula is C15H24N2O3S. The van der Waals surface area contributed by atoms with E-state index in [1.54, 1.807) is 24.3 Å². The lowest BCUT2D eigenvalue weighted by molar-refractivity contribution is 0.340. The first-order valence-electron chi connectivity index (χ1n) is 7.40. The zero-order valence-corrected chi connectivity index (χ0v) is 13.2. The topological polar surface area (TPSA) is 81.4 Å². The minimum atomic E-state index is -3.26. The second-order valence-electron chi connectivity index (χ2n) is 5.87. The van der Waals surface area contributed by atoms with Crippen molar-refractivity contribution in [3.05, 3.63) is 24.3 Å². The summed E-state index contributed by atoms with van der Waals surface area (Å²) >= 11 is 0. The van der Waals surface area contributed by atoms with Crippen molar-refractivity contribution < 1.29 is 13.2 Å². The monoisotopic (exact) mass is 312 g/mol. The molecule has 2 rings (SSSR count). The number of anilines is 1. The van der Waals surface area contributed by atoms with E-state index in [2.05, 4.69) is 11.6 Å². The molecule has 1 fully saturated rings. The second kappa shape index (κ2) is 7.13. The summed E-state index contributed by atoms with van der Waals surface area (Å²) < 4.78 is 31.9. The molecule has 0 heterocycles. The van der Waals surface area contributed by atoms with Crippen molar-refractivity contribution in [1.29, 1.82) is 0 Å². The van der Waals surface area contributed by atoms with Gasteiger partial charge in [-0.2, -0.15) is 0 Å². The summed E-state index contributed by atoms with van der Waals surface area (Å²) in [5.74, 6) is 1.80. The highest BCUT2D eigenvalue weighted by Crippen LogP contribution is 2.29. The van der Waals surface area contributed by atoms with Crippen LogP contribution < -0.4 is 15.2 Å². The van der Waals surface area contributed by atoms with E-state index >= 15 is 0 Å². The van der Waals surface area contributed by atoms with E-state index in [0.717, 1.165) is 12.8 Å². The molecule has 0 radical (unpaired) electrons. The molecule has 3 N–H and O–H groups in total. The molecule has 0 aliphatic heterocycles. The second-order valence-corrected chi connectivity index (χ2v) is 7.80. The quantitative estimate of drug-likeness (QED) is 0.755. The summed E-state index contributed by atoms with van der Waals surface area (Å²) in [7, 11) is -3.26. The molecule has 1 aliphatic rings. The third-order valence-corrected chi connectivity index (χ3v) is 5.21. The molecule has 21 heavy (non-hydrogen) atoms. The first kappa shape index (κ1) is 16.1. The van der Waals surface area contributed by atoms with E-state index in [9.17, 15) is 8.42 Å². The van der Waals surface area contributed by atoms with Crippen LogP contribution in [0, 0.1) is 11.8 Å². The van der Waals surface area contributed by atoms with Crippen LogP contribution in [0.4, 0.5) is 5.69 Å². The zero-order valence-electron chi connectivity index (χ0n) is 12.4. The number of sulfonamides is 1. The van der Waals surface area contributed by atoms with Crippen LogP contribution in [0.5, 0.6) is 5.75 Å². The van der Waals surface area contributed by atoms with Crippen LogP contribution in [-0.2, 0) is 10.0 Å². The molecule has 1 saturated carbocycles. The number of ether oxygens (including phenoxy) is 1. The summed E-state index contributed by atoms with van der Waals surface area (Å²) in [6.45, 7) is 2.91. The maximum atomic E-state index is 11.9. The van der Waals surface area contributed by atoms with E-state index in [-0.39, 0.29) is 12.4 Å². The molecule has 1 aromatic rings. The van der Waals surface area contributed by atoms with Gasteiger partial charge in [0.25, 0.3) is 0 Å². The summed E-state index contributed by atoms with van der Waals surface area (Å²) in [5.41, 5.74) is 6.23. The maximum absolute atomic E-state index is 11.9. The predicted molar refractivity (Wildman–Crippen MR) is 84.6 cm³/mol. The molecule has 2 atom stereocenters. The number of hydrogen-bond acceptors (Lipinski definition) is 4. The normalized spacial score (nSPS) is 22.3. The molecule has 0 spiro atoms. The summed E-state index contributed by atoms with van der Waals surface area (Å²) in [4.78, 5) is 0. The predicted octanol–water partition coefficient (Wildman–Crippen LogP) is 2.00. The first-order valence-corrected chi connectivity index (χ1v) is 9.05. The van der Waals surface area contributed by atoms with Crippen molar-refractivity contribution >= 4 is 15.7 Å². The number of benzene rings is 1. The molecule has 0 saturated heterocycles. The number of rotatable bonds is 7. The third-order valence-electron chi connectivity index (χ3n) is 3.90. The Morgan fingerprint density at radius 1 is 1.29 bits per heavy atom. The van der Waals surface area contributed by atoms with Gasteiger partial charge in [-0.05, 0) is 48.9 Å². The largest absolute Gasteiger partial charge is 0.492 e. The van der Waals surface area contributed by atoms with Crippen LogP contribution >= 0.6 is 0 Å². The van der Waals surface area contributed by atoms with Crippen molar-refractivity contribution in [2.45, 2.75) is 26.2 Å². The molecule has 1 aromatic carbocycles. The first-order chi connectivity index (χ1) is 9.94. The standard InChI is InChI=1S/C15H24N2O3S/c1-12-2-3-13(10-12)11-17-21(18,19)9-8-20-15-6-4-14(16)5-7-15/h4-7,12-13,17H,2-3,8-11,16H2,1H3. The maximum Gasteiger partial charge on any atom is 0.214 e. The van der Waals surface area contributed by atoms with Crippen LogP contribution in [0.3, 0.4) is 0 Å². The van der Waals surface area contributed by atoms with Gasteiger partial charge in [-0.3, -0.25) is 0 Å². The van der Waals surface area contributed by atoms with E-state index in [1.807, 2.05) is 0 Å². The third kappa shape index (κ3) is 5.55. The average Bonchev–Trinajstić information content (AvgIpc) is 2.85. The van der Waals surface area contributed by atoms with E-state index in [0.29, 0.717) is 29.8 Å². The van der Waals surface area contributed by atoms with Crippen LogP contribution in [0.25, 0.3) is 0 Å². The highest BCUT2D eigenvalue weighted by atomic mass is 32.2. The summed E-state index contributed by atoms with van der Waals surface area (Å²) in [6.07, 6.45) is 3.43. The Hall–Kier alpha value is -1.27. The van der Waals surface area contributed by atoms with Gasteiger partial charge >= 0.3 is 0 Å². The van der Waals surface area contributed by atoms with Crippen molar-refractivity contribution in [2.24, 2.45) is 11.8 Å². The molecule has 0 aromatic heterocycles. The molecular weight excluding hydrogens is 288 g/mol. The minimum Gasteiger partial charge on any atom is -0.492 e. The number of nitrogens with one attached hydrogen (secondary N) is 1. The molecule has 1 aliphatic carbocycles. The molecule has 6 heteroatoms. The van der Waals surface area contributed by atoms with Gasteiger partial charge in [-0.1, -0.05) is 13.3 Å². The van der Waals surface area contributed by atoms with Crippen LogP contribution in [0.15, 0.2) is 24.3 Å². The Bertz CT molecular complexity index is 543. The van der Waals surface area contributed by atoms with Gasteiger partial charge in [0, 0.05) is 12.2 Å². The van der Waals surface area contributed by atoms with Crippen LogP contribution in [-0.4, -0.2) is 27.3 Å². The van der Waals surface area contributed by atoms with Gasteiger partial charge in [-0.15, -0.1) is 0 Å². The highest BCUT2D eigenvalue weighted by Gasteiger charge is 2.22. The Morgan fingerprint density at radius 3 is 2.62 bits per heavy atom. The van der Waals surface area contributed by atoms with E-state index in [4.69, 9.17) is 10.5 Å². The van der Waals surface area contributed by atoms with Gasteiger partial charge in [0.15, 0.2) is 0 Å². The highest BCUT2D eigenvalue weighted by molar-refractivity contribution is 7.89. The van der Waals surface area contributed by atoms with Crippen molar-refractivity contribution in [2.75, 3.05) is 24.6 Å². The SMILES string of the molecule is CC1CCC(CNS(=O)(=O)CCOc2ccc(N)cc2)C1. The lowest BCUT2D eigenvalue weighted by Crippen LogP contribution is -2.32. The fraction of sp³-hybridized carbons (Fsp3) is 0.600. The van der Waals surface area contributed by atoms with Gasteiger partial charge in [0.05, 0.1) is 5.75 Å². The van der Waals surface area contributed by atoms with E-state index in [1.165, 1.54) is 6.42 Å². The summed E-state index contributed by atoms with van der Waals surface area (Å²) in [6, 6.07) is 6.91. The van der Waals surface area contributed by atoms with Crippen molar-refractivity contribution in [3.63, 3.8) is 0 Å². The van der Waals surface area contributed by atoms with Gasteiger partial charge in [-0.25, -0.2) is 13.1 Å².